The van der Waals surface area contributed by atoms with Crippen LogP contribution in [0.5, 0.6) is 0 Å². The molecule has 1 fully saturated rings. The van der Waals surface area contributed by atoms with Gasteiger partial charge in [-0.3, -0.25) is 4.21 Å². The largest absolute Gasteiger partial charge is 0.388 e. The van der Waals surface area contributed by atoms with Gasteiger partial charge in [0, 0.05) is 41.1 Å². The first-order valence-electron chi connectivity index (χ1n) is 6.16. The molecular formula is C12H18N2O3S2. The highest BCUT2D eigenvalue weighted by Crippen LogP contribution is 2.16. The maximum absolute atomic E-state index is 12.2. The first kappa shape index (κ1) is 14.5. The summed E-state index contributed by atoms with van der Waals surface area (Å²) in [7, 11) is -2.48. The topological polar surface area (TPSA) is 75.3 Å². The van der Waals surface area contributed by atoms with E-state index < -0.39 is 20.8 Å². The molecule has 0 bridgehead atoms. The van der Waals surface area contributed by atoms with Gasteiger partial charge in [0.25, 0.3) is 0 Å². The molecule has 2 N–H and O–H groups in total. The number of rotatable bonds is 4. The molecular weight excluding hydrogens is 284 g/mol. The summed E-state index contributed by atoms with van der Waals surface area (Å²) in [6.45, 7) is 0. The van der Waals surface area contributed by atoms with Crippen LogP contribution in [0.4, 0.5) is 5.69 Å². The van der Waals surface area contributed by atoms with Crippen LogP contribution >= 0.6 is 0 Å². The predicted octanol–water partition coefficient (Wildman–Crippen LogP) is 0.918. The maximum atomic E-state index is 12.2. The Kier molecular flexibility index (Phi) is 4.59. The van der Waals surface area contributed by atoms with Crippen molar-refractivity contribution in [2.24, 2.45) is 0 Å². The van der Waals surface area contributed by atoms with Gasteiger partial charge in [-0.15, -0.1) is 0 Å². The van der Waals surface area contributed by atoms with Crippen molar-refractivity contribution in [2.45, 2.75) is 23.8 Å². The van der Waals surface area contributed by atoms with Crippen LogP contribution in [0.25, 0.3) is 0 Å². The van der Waals surface area contributed by atoms with E-state index in [1.165, 1.54) is 0 Å². The molecule has 0 aromatic heterocycles. The predicted molar refractivity (Wildman–Crippen MR) is 77.2 cm³/mol. The van der Waals surface area contributed by atoms with Crippen LogP contribution in [-0.2, 0) is 20.8 Å². The van der Waals surface area contributed by atoms with Crippen molar-refractivity contribution in [3.63, 3.8) is 0 Å². The van der Waals surface area contributed by atoms with Crippen LogP contribution < -0.4 is 10.0 Å². The third kappa shape index (κ3) is 3.77. The van der Waals surface area contributed by atoms with Crippen molar-refractivity contribution in [1.29, 1.82) is 0 Å². The monoisotopic (exact) mass is 302 g/mol. The summed E-state index contributed by atoms with van der Waals surface area (Å²) >= 11 is 0. The molecule has 7 heteroatoms. The summed E-state index contributed by atoms with van der Waals surface area (Å²) in [4.78, 5) is 0.262. The smallest absolute Gasteiger partial charge is 0.240 e. The fraction of sp³-hybridized carbons (Fsp3) is 0.500. The van der Waals surface area contributed by atoms with Crippen molar-refractivity contribution in [1.82, 2.24) is 4.72 Å². The molecule has 19 heavy (non-hydrogen) atoms. The first-order chi connectivity index (χ1) is 9.01. The van der Waals surface area contributed by atoms with Crippen molar-refractivity contribution in [2.75, 3.05) is 23.9 Å². The minimum absolute atomic E-state index is 0.105. The second kappa shape index (κ2) is 6.02. The molecule has 1 aliphatic heterocycles. The van der Waals surface area contributed by atoms with Crippen LogP contribution in [0.1, 0.15) is 12.8 Å². The SMILES string of the molecule is CNc1ccc(S(=O)(=O)NC2CCS(=O)CC2)cc1. The van der Waals surface area contributed by atoms with Gasteiger partial charge in [-0.2, -0.15) is 0 Å². The molecule has 1 heterocycles. The molecule has 5 nitrogen and oxygen atoms in total. The number of anilines is 1. The average Bonchev–Trinajstić information content (AvgIpc) is 2.41. The molecule has 0 saturated carbocycles. The average molecular weight is 302 g/mol. The van der Waals surface area contributed by atoms with Gasteiger partial charge in [0.1, 0.15) is 0 Å². The van der Waals surface area contributed by atoms with Gasteiger partial charge in [0.2, 0.25) is 10.0 Å². The molecule has 2 rings (SSSR count). The number of sulfonamides is 1. The fourth-order valence-corrected chi connectivity index (χ4v) is 4.60. The van der Waals surface area contributed by atoms with Crippen LogP contribution in [0.3, 0.4) is 0 Å². The number of benzene rings is 1. The Morgan fingerprint density at radius 3 is 2.26 bits per heavy atom. The molecule has 0 aliphatic carbocycles. The zero-order chi connectivity index (χ0) is 13.9. The van der Waals surface area contributed by atoms with E-state index in [4.69, 9.17) is 0 Å². The molecule has 0 radical (unpaired) electrons. The molecule has 1 aromatic rings. The Hall–Kier alpha value is -0.920. The van der Waals surface area contributed by atoms with Crippen LogP contribution in [0, 0.1) is 0 Å². The van der Waals surface area contributed by atoms with E-state index in [0.717, 1.165) is 5.69 Å². The second-order valence-corrected chi connectivity index (χ2v) is 7.93. The number of hydrogen-bond donors (Lipinski definition) is 2. The lowest BCUT2D eigenvalue weighted by atomic mass is 10.2. The third-order valence-corrected chi connectivity index (χ3v) is 6.08. The Morgan fingerprint density at radius 2 is 1.74 bits per heavy atom. The first-order valence-corrected chi connectivity index (χ1v) is 9.13. The molecule has 0 atom stereocenters. The van der Waals surface area contributed by atoms with E-state index in [1.54, 1.807) is 31.3 Å². The zero-order valence-corrected chi connectivity index (χ0v) is 12.4. The van der Waals surface area contributed by atoms with E-state index in [9.17, 15) is 12.6 Å². The summed E-state index contributed by atoms with van der Waals surface area (Å²) in [6, 6.07) is 6.51. The molecule has 0 amide bonds. The van der Waals surface area contributed by atoms with E-state index >= 15 is 0 Å². The van der Waals surface area contributed by atoms with E-state index in [-0.39, 0.29) is 10.9 Å². The highest BCUT2D eigenvalue weighted by atomic mass is 32.2. The van der Waals surface area contributed by atoms with Gasteiger partial charge in [-0.25, -0.2) is 13.1 Å². The van der Waals surface area contributed by atoms with Crippen LogP contribution in [0.2, 0.25) is 0 Å². The van der Waals surface area contributed by atoms with E-state index in [1.807, 2.05) is 0 Å². The Balaban J connectivity index is 2.06. The molecule has 1 aliphatic rings. The molecule has 0 spiro atoms. The molecule has 1 saturated heterocycles. The highest BCUT2D eigenvalue weighted by Gasteiger charge is 2.23. The normalized spacial score (nSPS) is 24.1. The van der Waals surface area contributed by atoms with Gasteiger partial charge in [0.15, 0.2) is 0 Å². The summed E-state index contributed by atoms with van der Waals surface area (Å²) in [5, 5.41) is 2.94. The standard InChI is InChI=1S/C12H18N2O3S2/c1-13-10-2-4-12(5-3-10)19(16,17)14-11-6-8-18(15)9-7-11/h2-5,11,13-14H,6-9H2,1H3. The Bertz CT molecular complexity index is 545. The minimum Gasteiger partial charge on any atom is -0.388 e. The van der Waals surface area contributed by atoms with Crippen LogP contribution in [-0.4, -0.2) is 37.2 Å². The van der Waals surface area contributed by atoms with Gasteiger partial charge >= 0.3 is 0 Å². The number of nitrogens with one attached hydrogen (secondary N) is 2. The van der Waals surface area contributed by atoms with Gasteiger partial charge < -0.3 is 5.32 Å². The quantitative estimate of drug-likeness (QED) is 0.867. The van der Waals surface area contributed by atoms with Crippen molar-refractivity contribution in [3.05, 3.63) is 24.3 Å². The molecule has 106 valence electrons. The van der Waals surface area contributed by atoms with Gasteiger partial charge in [-0.05, 0) is 37.1 Å². The maximum Gasteiger partial charge on any atom is 0.240 e. The summed E-state index contributed by atoms with van der Waals surface area (Å²) in [5.74, 6) is 1.15. The van der Waals surface area contributed by atoms with Crippen molar-refractivity contribution in [3.8, 4) is 0 Å². The third-order valence-electron chi connectivity index (χ3n) is 3.16. The van der Waals surface area contributed by atoms with Gasteiger partial charge in [-0.1, -0.05) is 0 Å². The van der Waals surface area contributed by atoms with Crippen LogP contribution in [0.15, 0.2) is 29.2 Å². The highest BCUT2D eigenvalue weighted by molar-refractivity contribution is 7.89. The summed E-state index contributed by atoms with van der Waals surface area (Å²) < 4.78 is 38.3. The summed E-state index contributed by atoms with van der Waals surface area (Å²) in [6.07, 6.45) is 1.28. The van der Waals surface area contributed by atoms with E-state index in [0.29, 0.717) is 24.3 Å². The summed E-state index contributed by atoms with van der Waals surface area (Å²) in [5.41, 5.74) is 0.868. The zero-order valence-electron chi connectivity index (χ0n) is 10.8. The molecule has 1 aromatic carbocycles. The van der Waals surface area contributed by atoms with Gasteiger partial charge in [0.05, 0.1) is 4.90 Å². The van der Waals surface area contributed by atoms with E-state index in [2.05, 4.69) is 10.0 Å². The lowest BCUT2D eigenvalue weighted by molar-refractivity contribution is 0.522. The molecule has 0 unspecified atom stereocenters. The lowest BCUT2D eigenvalue weighted by Crippen LogP contribution is -2.39. The fourth-order valence-electron chi connectivity index (χ4n) is 2.00. The van der Waals surface area contributed by atoms with Crippen molar-refractivity contribution >= 4 is 26.5 Å². The Labute approximate surface area is 116 Å². The lowest BCUT2D eigenvalue weighted by Gasteiger charge is -2.22. The number of hydrogen-bond acceptors (Lipinski definition) is 4. The second-order valence-electron chi connectivity index (χ2n) is 4.52. The minimum atomic E-state index is -3.48. The van der Waals surface area contributed by atoms with Crippen molar-refractivity contribution < 1.29 is 12.6 Å². The Morgan fingerprint density at radius 1 is 1.16 bits per heavy atom.